The highest BCUT2D eigenvalue weighted by molar-refractivity contribution is 14.1. The van der Waals surface area contributed by atoms with Crippen molar-refractivity contribution < 1.29 is 0 Å². The zero-order valence-electron chi connectivity index (χ0n) is 10.8. The van der Waals surface area contributed by atoms with Crippen LogP contribution in [0.2, 0.25) is 0 Å². The molecule has 3 nitrogen and oxygen atoms in total. The molecule has 2 rings (SSSR count). The first kappa shape index (κ1) is 13.5. The van der Waals surface area contributed by atoms with E-state index in [2.05, 4.69) is 65.1 Å². The SMILES string of the molecule is CCCNCc1ccc(C)c(-n2cc(I)cn2)c1. The maximum atomic E-state index is 4.37. The number of rotatable bonds is 5. The Morgan fingerprint density at radius 1 is 1.39 bits per heavy atom. The Morgan fingerprint density at radius 2 is 2.22 bits per heavy atom. The summed E-state index contributed by atoms with van der Waals surface area (Å²) in [6, 6.07) is 6.55. The third kappa shape index (κ3) is 3.32. The molecular weight excluding hydrogens is 337 g/mol. The van der Waals surface area contributed by atoms with E-state index >= 15 is 0 Å². The molecule has 0 atom stereocenters. The van der Waals surface area contributed by atoms with Crippen LogP contribution in [0, 0.1) is 10.5 Å². The number of hydrogen-bond acceptors (Lipinski definition) is 2. The Labute approximate surface area is 122 Å². The van der Waals surface area contributed by atoms with Crippen LogP contribution < -0.4 is 5.32 Å². The molecule has 1 N–H and O–H groups in total. The van der Waals surface area contributed by atoms with Crippen LogP contribution in [0.3, 0.4) is 0 Å². The van der Waals surface area contributed by atoms with Gasteiger partial charge < -0.3 is 5.32 Å². The summed E-state index contributed by atoms with van der Waals surface area (Å²) < 4.78 is 3.10. The molecule has 0 spiro atoms. The second-order valence-electron chi connectivity index (χ2n) is 4.40. The minimum atomic E-state index is 0.916. The van der Waals surface area contributed by atoms with Gasteiger partial charge in [0.15, 0.2) is 0 Å². The van der Waals surface area contributed by atoms with E-state index in [0.717, 1.165) is 28.8 Å². The molecule has 0 aliphatic rings. The van der Waals surface area contributed by atoms with Gasteiger partial charge in [0.05, 0.1) is 15.5 Å². The number of benzene rings is 1. The van der Waals surface area contributed by atoms with Gasteiger partial charge in [0.2, 0.25) is 0 Å². The lowest BCUT2D eigenvalue weighted by Gasteiger charge is -2.09. The molecule has 0 radical (unpaired) electrons. The molecule has 96 valence electrons. The molecule has 4 heteroatoms. The van der Waals surface area contributed by atoms with E-state index < -0.39 is 0 Å². The zero-order valence-corrected chi connectivity index (χ0v) is 12.9. The summed E-state index contributed by atoms with van der Waals surface area (Å²) in [4.78, 5) is 0. The van der Waals surface area contributed by atoms with E-state index in [1.165, 1.54) is 11.1 Å². The summed E-state index contributed by atoms with van der Waals surface area (Å²) in [6.45, 7) is 6.27. The topological polar surface area (TPSA) is 29.9 Å². The van der Waals surface area contributed by atoms with Crippen molar-refractivity contribution in [2.24, 2.45) is 0 Å². The summed E-state index contributed by atoms with van der Waals surface area (Å²) in [5.74, 6) is 0. The first-order valence-electron chi connectivity index (χ1n) is 6.21. The molecule has 0 saturated carbocycles. The standard InChI is InChI=1S/C14H18IN3/c1-3-6-16-8-12-5-4-11(2)14(7-12)18-10-13(15)9-17-18/h4-5,7,9-10,16H,3,6,8H2,1-2H3. The largest absolute Gasteiger partial charge is 0.313 e. The molecule has 0 unspecified atom stereocenters. The van der Waals surface area contributed by atoms with E-state index in [1.807, 2.05) is 17.1 Å². The lowest BCUT2D eigenvalue weighted by molar-refractivity contribution is 0.674. The van der Waals surface area contributed by atoms with Gasteiger partial charge in [-0.2, -0.15) is 5.10 Å². The van der Waals surface area contributed by atoms with Crippen LogP contribution in [0.15, 0.2) is 30.6 Å². The van der Waals surface area contributed by atoms with Crippen molar-refractivity contribution in [3.63, 3.8) is 0 Å². The van der Waals surface area contributed by atoms with Gasteiger partial charge in [-0.25, -0.2) is 4.68 Å². The Kier molecular flexibility index (Phi) is 4.77. The van der Waals surface area contributed by atoms with Crippen molar-refractivity contribution in [1.82, 2.24) is 15.1 Å². The molecular formula is C14H18IN3. The van der Waals surface area contributed by atoms with E-state index in [9.17, 15) is 0 Å². The third-order valence-electron chi connectivity index (χ3n) is 2.83. The average molecular weight is 355 g/mol. The first-order valence-corrected chi connectivity index (χ1v) is 7.29. The maximum absolute atomic E-state index is 4.37. The van der Waals surface area contributed by atoms with Gasteiger partial charge in [0, 0.05) is 12.7 Å². The zero-order chi connectivity index (χ0) is 13.0. The van der Waals surface area contributed by atoms with E-state index in [-0.39, 0.29) is 0 Å². The van der Waals surface area contributed by atoms with Crippen LogP contribution >= 0.6 is 22.6 Å². The smallest absolute Gasteiger partial charge is 0.0678 e. The maximum Gasteiger partial charge on any atom is 0.0678 e. The van der Waals surface area contributed by atoms with Crippen LogP contribution in [-0.2, 0) is 6.54 Å². The van der Waals surface area contributed by atoms with E-state index in [0.29, 0.717) is 0 Å². The highest BCUT2D eigenvalue weighted by Gasteiger charge is 2.04. The number of hydrogen-bond donors (Lipinski definition) is 1. The van der Waals surface area contributed by atoms with Gasteiger partial charge in [-0.1, -0.05) is 19.1 Å². The van der Waals surface area contributed by atoms with Crippen molar-refractivity contribution in [3.8, 4) is 5.69 Å². The van der Waals surface area contributed by atoms with Gasteiger partial charge in [-0.15, -0.1) is 0 Å². The second-order valence-corrected chi connectivity index (χ2v) is 5.65. The van der Waals surface area contributed by atoms with Crippen molar-refractivity contribution in [2.75, 3.05) is 6.54 Å². The van der Waals surface area contributed by atoms with Gasteiger partial charge >= 0.3 is 0 Å². The van der Waals surface area contributed by atoms with Crippen molar-refractivity contribution in [2.45, 2.75) is 26.8 Å². The fraction of sp³-hybridized carbons (Fsp3) is 0.357. The highest BCUT2D eigenvalue weighted by atomic mass is 127. The minimum absolute atomic E-state index is 0.916. The number of aromatic nitrogens is 2. The Balaban J connectivity index is 2.21. The molecule has 1 aromatic carbocycles. The predicted molar refractivity (Wildman–Crippen MR) is 83.0 cm³/mol. The van der Waals surface area contributed by atoms with Gasteiger partial charge in [0.25, 0.3) is 0 Å². The molecule has 0 saturated heterocycles. The third-order valence-corrected chi connectivity index (χ3v) is 3.38. The molecule has 1 heterocycles. The molecule has 0 aliphatic heterocycles. The monoisotopic (exact) mass is 355 g/mol. The van der Waals surface area contributed by atoms with E-state index in [1.54, 1.807) is 0 Å². The molecule has 18 heavy (non-hydrogen) atoms. The molecule has 0 fully saturated rings. The summed E-state index contributed by atoms with van der Waals surface area (Å²) in [6.07, 6.45) is 5.09. The average Bonchev–Trinajstić information content (AvgIpc) is 2.78. The van der Waals surface area contributed by atoms with Crippen LogP contribution in [0.4, 0.5) is 0 Å². The lowest BCUT2D eigenvalue weighted by Crippen LogP contribution is -2.14. The molecule has 0 amide bonds. The summed E-state index contributed by atoms with van der Waals surface area (Å²) in [7, 11) is 0. The first-order chi connectivity index (χ1) is 8.70. The normalized spacial score (nSPS) is 10.8. The van der Waals surface area contributed by atoms with Crippen molar-refractivity contribution in [1.29, 1.82) is 0 Å². The van der Waals surface area contributed by atoms with Gasteiger partial charge in [0.1, 0.15) is 0 Å². The van der Waals surface area contributed by atoms with Crippen LogP contribution in [0.1, 0.15) is 24.5 Å². The van der Waals surface area contributed by atoms with Crippen molar-refractivity contribution >= 4 is 22.6 Å². The summed E-state index contributed by atoms with van der Waals surface area (Å²) >= 11 is 2.28. The van der Waals surface area contributed by atoms with E-state index in [4.69, 9.17) is 0 Å². The van der Waals surface area contributed by atoms with Crippen LogP contribution in [0.5, 0.6) is 0 Å². The quantitative estimate of drug-likeness (QED) is 0.659. The van der Waals surface area contributed by atoms with Gasteiger partial charge in [-0.3, -0.25) is 0 Å². The number of nitrogens with zero attached hydrogens (tertiary/aromatic N) is 2. The molecule has 0 bridgehead atoms. The molecule has 2 aromatic rings. The number of halogens is 1. The number of aryl methyl sites for hydroxylation is 1. The predicted octanol–water partition coefficient (Wildman–Crippen LogP) is 3.28. The molecule has 0 aliphatic carbocycles. The number of nitrogens with one attached hydrogen (secondary N) is 1. The molecule has 1 aromatic heterocycles. The Morgan fingerprint density at radius 3 is 2.89 bits per heavy atom. The minimum Gasteiger partial charge on any atom is -0.313 e. The second kappa shape index (κ2) is 6.33. The Hall–Kier alpha value is -0.880. The summed E-state index contributed by atoms with van der Waals surface area (Å²) in [5, 5.41) is 7.80. The Bertz CT molecular complexity index is 520. The summed E-state index contributed by atoms with van der Waals surface area (Å²) in [5.41, 5.74) is 3.71. The van der Waals surface area contributed by atoms with Gasteiger partial charge in [-0.05, 0) is 59.7 Å². The highest BCUT2D eigenvalue weighted by Crippen LogP contribution is 2.16. The van der Waals surface area contributed by atoms with Crippen LogP contribution in [0.25, 0.3) is 5.69 Å². The van der Waals surface area contributed by atoms with Crippen LogP contribution in [-0.4, -0.2) is 16.3 Å². The van der Waals surface area contributed by atoms with Crippen molar-refractivity contribution in [3.05, 3.63) is 45.3 Å². The lowest BCUT2D eigenvalue weighted by atomic mass is 10.1. The fourth-order valence-electron chi connectivity index (χ4n) is 1.85. The fourth-order valence-corrected chi connectivity index (χ4v) is 2.24.